The molecule has 0 aromatic heterocycles. The summed E-state index contributed by atoms with van der Waals surface area (Å²) in [6, 6.07) is 6.10. The highest BCUT2D eigenvalue weighted by atomic mass is 19.4. The highest BCUT2D eigenvalue weighted by Gasteiger charge is 2.54. The Hall–Kier alpha value is -2.69. The van der Waals surface area contributed by atoms with Crippen molar-refractivity contribution < 1.29 is 44.7 Å². The Morgan fingerprint density at radius 2 is 1.43 bits per heavy atom. The van der Waals surface area contributed by atoms with Crippen molar-refractivity contribution in [2.75, 3.05) is 6.54 Å². The molecule has 1 aliphatic heterocycles. The number of rotatable bonds is 7. The quantitative estimate of drug-likeness (QED) is 0.242. The molecule has 1 heterocycles. The summed E-state index contributed by atoms with van der Waals surface area (Å²) in [6.07, 6.45) is -11.2. The largest absolute Gasteiger partial charge is 0.454 e. The van der Waals surface area contributed by atoms with Gasteiger partial charge >= 0.3 is 18.3 Å². The van der Waals surface area contributed by atoms with Gasteiger partial charge in [-0.2, -0.15) is 26.3 Å². The third-order valence-electron chi connectivity index (χ3n) is 7.08. The zero-order chi connectivity index (χ0) is 30.1. The lowest BCUT2D eigenvalue weighted by molar-refractivity contribution is -0.208. The topological polar surface area (TPSA) is 29.5 Å². The van der Waals surface area contributed by atoms with Crippen molar-refractivity contribution in [3.8, 4) is 0 Å². The lowest BCUT2D eigenvalue weighted by atomic mass is 9.82. The fourth-order valence-corrected chi connectivity index (χ4v) is 4.91. The summed E-state index contributed by atoms with van der Waals surface area (Å²) in [6.45, 7) is 7.08. The molecule has 0 spiro atoms. The first kappa shape index (κ1) is 31.8. The summed E-state index contributed by atoms with van der Waals surface area (Å²) in [7, 11) is 0. The number of hydrogen-bond donors (Lipinski definition) is 0. The molecule has 0 radical (unpaired) electrons. The number of likely N-dealkylation sites (tertiary alicyclic amines) is 1. The minimum Gasteiger partial charge on any atom is -0.454 e. The van der Waals surface area contributed by atoms with Gasteiger partial charge in [0, 0.05) is 25.4 Å². The molecule has 1 fully saturated rings. The Labute approximate surface area is 228 Å². The number of carbonyl (C=O) groups is 1. The van der Waals surface area contributed by atoms with Crippen LogP contribution in [0, 0.1) is 5.41 Å². The van der Waals surface area contributed by atoms with Crippen molar-refractivity contribution in [2.45, 2.75) is 89.8 Å². The lowest BCUT2D eigenvalue weighted by Crippen LogP contribution is -2.55. The SMILES string of the molecule is CCC(=O)OC1C(c2ccc(C(F)(F)F)cc2)N(C(CCC(C)(C)C)c2ccc(C(F)(F)F)cc2)CCC1(F)F. The summed E-state index contributed by atoms with van der Waals surface area (Å²) in [5.41, 5.74) is -1.56. The molecule has 0 bridgehead atoms. The minimum atomic E-state index is -4.65. The fourth-order valence-electron chi connectivity index (χ4n) is 4.91. The van der Waals surface area contributed by atoms with E-state index in [1.807, 2.05) is 20.8 Å². The summed E-state index contributed by atoms with van der Waals surface area (Å²) in [4.78, 5) is 13.9. The standard InChI is InChI=1S/C29H33F8NO2/c1-5-23(39)40-25-24(19-8-12-21(13-9-19)29(35,36)37)38(17-16-27(25,30)31)22(14-15-26(2,3)4)18-6-10-20(11-7-18)28(32,33)34/h6-13,22,24-25H,5,14-17H2,1-4H3. The molecule has 0 amide bonds. The van der Waals surface area contributed by atoms with Crippen molar-refractivity contribution in [1.29, 1.82) is 0 Å². The second kappa shape index (κ2) is 11.7. The molecule has 2 aromatic carbocycles. The summed E-state index contributed by atoms with van der Waals surface area (Å²) in [5.74, 6) is -4.40. The predicted octanol–water partition coefficient (Wildman–Crippen LogP) is 9.00. The smallest absolute Gasteiger partial charge is 0.416 e. The van der Waals surface area contributed by atoms with Gasteiger partial charge in [-0.1, -0.05) is 52.0 Å². The molecule has 3 nitrogen and oxygen atoms in total. The average molecular weight is 580 g/mol. The normalized spacial score (nSPS) is 21.2. The average Bonchev–Trinajstić information content (AvgIpc) is 2.84. The molecule has 3 rings (SSSR count). The molecule has 1 aliphatic rings. The lowest BCUT2D eigenvalue weighted by Gasteiger charge is -2.48. The molecule has 40 heavy (non-hydrogen) atoms. The number of benzene rings is 2. The molecule has 0 aliphatic carbocycles. The fraction of sp³-hybridized carbons (Fsp3) is 0.552. The van der Waals surface area contributed by atoms with Crippen molar-refractivity contribution >= 4 is 5.97 Å². The second-order valence-electron chi connectivity index (χ2n) is 11.3. The zero-order valence-corrected chi connectivity index (χ0v) is 22.7. The maximum Gasteiger partial charge on any atom is 0.416 e. The van der Waals surface area contributed by atoms with E-state index in [1.165, 1.54) is 19.1 Å². The van der Waals surface area contributed by atoms with E-state index in [0.29, 0.717) is 18.4 Å². The van der Waals surface area contributed by atoms with Crippen LogP contribution in [0.4, 0.5) is 35.1 Å². The Bertz CT molecular complexity index is 1140. The number of piperidine rings is 1. The molecular formula is C29H33F8NO2. The monoisotopic (exact) mass is 579 g/mol. The van der Waals surface area contributed by atoms with Gasteiger partial charge in [0.25, 0.3) is 5.92 Å². The van der Waals surface area contributed by atoms with Gasteiger partial charge in [-0.25, -0.2) is 8.78 Å². The first-order valence-corrected chi connectivity index (χ1v) is 13.0. The van der Waals surface area contributed by atoms with Crippen LogP contribution in [0.2, 0.25) is 0 Å². The minimum absolute atomic E-state index is 0.0777. The van der Waals surface area contributed by atoms with Gasteiger partial charge in [0.05, 0.1) is 17.2 Å². The molecular weight excluding hydrogens is 546 g/mol. The molecule has 3 atom stereocenters. The molecule has 1 saturated heterocycles. The first-order chi connectivity index (χ1) is 18.3. The zero-order valence-electron chi connectivity index (χ0n) is 22.7. The van der Waals surface area contributed by atoms with Crippen molar-refractivity contribution in [3.05, 3.63) is 70.8 Å². The Balaban J connectivity index is 2.16. The number of ether oxygens (including phenoxy) is 1. The Morgan fingerprint density at radius 1 is 0.925 bits per heavy atom. The Morgan fingerprint density at radius 3 is 1.88 bits per heavy atom. The van der Waals surface area contributed by atoms with Gasteiger partial charge in [0.1, 0.15) is 0 Å². The van der Waals surface area contributed by atoms with Crippen LogP contribution in [0.5, 0.6) is 0 Å². The molecule has 11 heteroatoms. The second-order valence-corrected chi connectivity index (χ2v) is 11.3. The van der Waals surface area contributed by atoms with Crippen LogP contribution in [0.3, 0.4) is 0 Å². The van der Waals surface area contributed by atoms with E-state index in [0.717, 1.165) is 36.4 Å². The number of hydrogen-bond acceptors (Lipinski definition) is 3. The third kappa shape index (κ3) is 7.73. The highest BCUT2D eigenvalue weighted by Crippen LogP contribution is 2.48. The highest BCUT2D eigenvalue weighted by molar-refractivity contribution is 5.69. The predicted molar refractivity (Wildman–Crippen MR) is 133 cm³/mol. The van der Waals surface area contributed by atoms with E-state index >= 15 is 8.78 Å². The van der Waals surface area contributed by atoms with E-state index in [2.05, 4.69) is 0 Å². The summed E-state index contributed by atoms with van der Waals surface area (Å²) >= 11 is 0. The Kier molecular flexibility index (Phi) is 9.28. The number of carbonyl (C=O) groups excluding carboxylic acids is 1. The van der Waals surface area contributed by atoms with Crippen LogP contribution in [-0.2, 0) is 21.9 Å². The van der Waals surface area contributed by atoms with Crippen molar-refractivity contribution in [2.24, 2.45) is 5.41 Å². The molecule has 2 aromatic rings. The van der Waals surface area contributed by atoms with E-state index in [4.69, 9.17) is 4.74 Å². The molecule has 0 N–H and O–H groups in total. The van der Waals surface area contributed by atoms with E-state index in [-0.39, 0.29) is 23.9 Å². The number of esters is 1. The van der Waals surface area contributed by atoms with Crippen LogP contribution in [-0.4, -0.2) is 29.4 Å². The van der Waals surface area contributed by atoms with E-state index < -0.39 is 60.0 Å². The summed E-state index contributed by atoms with van der Waals surface area (Å²) in [5, 5.41) is 0. The van der Waals surface area contributed by atoms with Gasteiger partial charge in [0.15, 0.2) is 6.10 Å². The van der Waals surface area contributed by atoms with Crippen LogP contribution >= 0.6 is 0 Å². The van der Waals surface area contributed by atoms with Crippen LogP contribution < -0.4 is 0 Å². The van der Waals surface area contributed by atoms with Crippen molar-refractivity contribution in [1.82, 2.24) is 4.90 Å². The van der Waals surface area contributed by atoms with Crippen LogP contribution in [0.1, 0.15) is 87.7 Å². The number of halogens is 8. The van der Waals surface area contributed by atoms with Crippen LogP contribution in [0.25, 0.3) is 0 Å². The van der Waals surface area contributed by atoms with E-state index in [1.54, 1.807) is 4.90 Å². The summed E-state index contributed by atoms with van der Waals surface area (Å²) < 4.78 is 115. The maximum absolute atomic E-state index is 15.4. The van der Waals surface area contributed by atoms with Gasteiger partial charge in [0.2, 0.25) is 0 Å². The third-order valence-corrected chi connectivity index (χ3v) is 7.08. The number of nitrogens with zero attached hydrogens (tertiary/aromatic N) is 1. The van der Waals surface area contributed by atoms with E-state index in [9.17, 15) is 31.1 Å². The molecule has 222 valence electrons. The van der Waals surface area contributed by atoms with Gasteiger partial charge in [-0.15, -0.1) is 0 Å². The molecule has 0 saturated carbocycles. The van der Waals surface area contributed by atoms with Gasteiger partial charge in [-0.05, 0) is 53.6 Å². The van der Waals surface area contributed by atoms with Gasteiger partial charge in [-0.3, -0.25) is 9.69 Å². The maximum atomic E-state index is 15.4. The first-order valence-electron chi connectivity index (χ1n) is 13.0. The van der Waals surface area contributed by atoms with Gasteiger partial charge < -0.3 is 4.74 Å². The molecule has 3 unspecified atom stereocenters. The van der Waals surface area contributed by atoms with Crippen molar-refractivity contribution in [3.63, 3.8) is 0 Å². The van der Waals surface area contributed by atoms with Crippen LogP contribution in [0.15, 0.2) is 48.5 Å². The number of alkyl halides is 8.